The summed E-state index contributed by atoms with van der Waals surface area (Å²) < 4.78 is 11.3. The van der Waals surface area contributed by atoms with Gasteiger partial charge >= 0.3 is 0 Å². The summed E-state index contributed by atoms with van der Waals surface area (Å²) in [5.41, 5.74) is 9.08. The second-order valence-corrected chi connectivity index (χ2v) is 13.8. The fraction of sp³-hybridized carbons (Fsp3) is 0.146. The molecule has 3 nitrogen and oxygen atoms in total. The number of fused-ring (bicyclic) bond motifs is 9. The number of aromatic nitrogens is 2. The zero-order valence-corrected chi connectivity index (χ0v) is 25.6. The molecule has 4 heterocycles. The predicted molar refractivity (Wildman–Crippen MR) is 189 cm³/mol. The Morgan fingerprint density at radius 1 is 0.578 bits per heavy atom. The molecule has 9 aromatic rings. The zero-order chi connectivity index (χ0) is 29.5. The number of hydrogen-bond donors (Lipinski definition) is 0. The smallest absolute Gasteiger partial charge is 0.153 e. The maximum absolute atomic E-state index is 6.11. The molecule has 1 aliphatic carbocycles. The Labute approximate surface area is 264 Å². The normalized spacial score (nSPS) is 15.3. The van der Waals surface area contributed by atoms with Crippen LogP contribution in [0.3, 0.4) is 0 Å². The van der Waals surface area contributed by atoms with E-state index in [4.69, 9.17) is 4.42 Å². The molecule has 1 aliphatic rings. The minimum absolute atomic E-state index is 0.00711. The average molecular weight is 599 g/mol. The van der Waals surface area contributed by atoms with Gasteiger partial charge in [-0.1, -0.05) is 67.8 Å². The number of para-hydroxylation sites is 1. The monoisotopic (exact) mass is 598 g/mol. The Morgan fingerprint density at radius 2 is 1.33 bits per heavy atom. The third kappa shape index (κ3) is 3.66. The number of hydrogen-bond acceptors (Lipinski definition) is 3. The molecule has 5 aromatic carbocycles. The summed E-state index contributed by atoms with van der Waals surface area (Å²) in [6, 6.07) is 42.7. The number of furan rings is 1. The van der Waals surface area contributed by atoms with Crippen molar-refractivity contribution in [1.29, 1.82) is 0 Å². The van der Waals surface area contributed by atoms with E-state index in [1.807, 2.05) is 29.7 Å². The van der Waals surface area contributed by atoms with Crippen molar-refractivity contribution in [1.82, 2.24) is 9.55 Å². The molecule has 1 fully saturated rings. The van der Waals surface area contributed by atoms with E-state index in [1.165, 1.54) is 85.2 Å². The van der Waals surface area contributed by atoms with Gasteiger partial charge in [-0.25, -0.2) is 0 Å². The van der Waals surface area contributed by atoms with Crippen LogP contribution in [0.25, 0.3) is 69.7 Å². The Bertz CT molecular complexity index is 2590. The molecule has 0 radical (unpaired) electrons. The number of benzene rings is 5. The Balaban J connectivity index is 1.19. The van der Waals surface area contributed by atoms with Crippen molar-refractivity contribution < 1.29 is 4.42 Å². The number of thiophene rings is 1. The van der Waals surface area contributed by atoms with Crippen LogP contribution in [0, 0.1) is 0 Å². The molecule has 0 unspecified atom stereocenters. The lowest BCUT2D eigenvalue weighted by Crippen LogP contribution is -2.30. The molecule has 0 bridgehead atoms. The number of nitrogens with zero attached hydrogens (tertiary/aromatic N) is 2. The third-order valence-corrected chi connectivity index (χ3v) is 11.5. The first kappa shape index (κ1) is 25.4. The first-order chi connectivity index (χ1) is 22.3. The second kappa shape index (κ2) is 9.53. The fourth-order valence-corrected chi connectivity index (χ4v) is 9.28. The van der Waals surface area contributed by atoms with Gasteiger partial charge in [0.2, 0.25) is 0 Å². The lowest BCUT2D eigenvalue weighted by atomic mass is 9.65. The van der Waals surface area contributed by atoms with Gasteiger partial charge in [0.05, 0.1) is 11.0 Å². The van der Waals surface area contributed by atoms with Crippen LogP contribution in [0.1, 0.15) is 43.2 Å². The molecular formula is C41H30N2OS. The molecule has 4 heteroatoms. The summed E-state index contributed by atoms with van der Waals surface area (Å²) in [5.74, 6) is 0. The van der Waals surface area contributed by atoms with Crippen LogP contribution in [0.2, 0.25) is 0 Å². The lowest BCUT2D eigenvalue weighted by Gasteiger charge is -2.39. The molecular weight excluding hydrogens is 569 g/mol. The van der Waals surface area contributed by atoms with Crippen LogP contribution in [0.15, 0.2) is 126 Å². The van der Waals surface area contributed by atoms with E-state index in [0.717, 1.165) is 27.8 Å². The first-order valence-electron chi connectivity index (χ1n) is 16.0. The van der Waals surface area contributed by atoms with Crippen LogP contribution in [0.5, 0.6) is 0 Å². The van der Waals surface area contributed by atoms with E-state index in [-0.39, 0.29) is 5.41 Å². The highest BCUT2D eigenvalue weighted by molar-refractivity contribution is 7.25. The van der Waals surface area contributed by atoms with Gasteiger partial charge in [-0.05, 0) is 90.7 Å². The highest BCUT2D eigenvalue weighted by Gasteiger charge is 2.36. The molecule has 0 saturated heterocycles. The Morgan fingerprint density at radius 3 is 2.24 bits per heavy atom. The van der Waals surface area contributed by atoms with Gasteiger partial charge in [-0.2, -0.15) is 0 Å². The van der Waals surface area contributed by atoms with Gasteiger partial charge in [0.25, 0.3) is 0 Å². The highest BCUT2D eigenvalue weighted by Crippen LogP contribution is 2.48. The van der Waals surface area contributed by atoms with Crippen LogP contribution < -0.4 is 0 Å². The van der Waals surface area contributed by atoms with E-state index >= 15 is 0 Å². The summed E-state index contributed by atoms with van der Waals surface area (Å²) in [7, 11) is 0. The van der Waals surface area contributed by atoms with Crippen LogP contribution in [-0.4, -0.2) is 9.55 Å². The summed E-state index contributed by atoms with van der Waals surface area (Å²) in [6.45, 7) is 0. The van der Waals surface area contributed by atoms with Gasteiger partial charge in [0, 0.05) is 53.6 Å². The minimum atomic E-state index is 0.00711. The van der Waals surface area contributed by atoms with E-state index in [2.05, 4.69) is 113 Å². The molecule has 0 aliphatic heterocycles. The van der Waals surface area contributed by atoms with E-state index in [0.29, 0.717) is 0 Å². The fourth-order valence-electron chi connectivity index (χ4n) is 8.20. The van der Waals surface area contributed by atoms with Crippen molar-refractivity contribution in [2.24, 2.45) is 0 Å². The zero-order valence-electron chi connectivity index (χ0n) is 24.8. The minimum Gasteiger partial charge on any atom is -0.454 e. The first-order valence-corrected chi connectivity index (χ1v) is 16.8. The molecule has 10 rings (SSSR count). The third-order valence-electron chi connectivity index (χ3n) is 10.3. The summed E-state index contributed by atoms with van der Waals surface area (Å²) >= 11 is 1.90. The van der Waals surface area contributed by atoms with Gasteiger partial charge in [-0.15, -0.1) is 11.3 Å². The van der Waals surface area contributed by atoms with Gasteiger partial charge in [0.1, 0.15) is 11.1 Å². The predicted octanol–water partition coefficient (Wildman–Crippen LogP) is 11.7. The Hall–Kier alpha value is -4.93. The van der Waals surface area contributed by atoms with Crippen molar-refractivity contribution in [3.63, 3.8) is 0 Å². The van der Waals surface area contributed by atoms with Crippen LogP contribution in [-0.2, 0) is 5.41 Å². The van der Waals surface area contributed by atoms with Crippen molar-refractivity contribution >= 4 is 75.4 Å². The second-order valence-electron chi connectivity index (χ2n) is 12.7. The molecule has 0 spiro atoms. The largest absolute Gasteiger partial charge is 0.454 e. The maximum Gasteiger partial charge on any atom is 0.153 e. The molecule has 0 N–H and O–H groups in total. The SMILES string of the molecule is c1cnc2c(c1)oc1ccc(-n3c4ccccc4c4cc(C5(c6ccc7sc8ccccc8c7c6)CCCCC5)ccc43)cc12. The molecule has 0 atom stereocenters. The van der Waals surface area contributed by atoms with Crippen molar-refractivity contribution in [2.45, 2.75) is 37.5 Å². The number of pyridine rings is 1. The van der Waals surface area contributed by atoms with E-state index in [9.17, 15) is 0 Å². The van der Waals surface area contributed by atoms with Crippen molar-refractivity contribution in [3.8, 4) is 5.69 Å². The van der Waals surface area contributed by atoms with Gasteiger partial charge < -0.3 is 8.98 Å². The van der Waals surface area contributed by atoms with Crippen LogP contribution >= 0.6 is 11.3 Å². The summed E-state index contributed by atoms with van der Waals surface area (Å²) in [6.07, 6.45) is 8.03. The summed E-state index contributed by atoms with van der Waals surface area (Å²) in [4.78, 5) is 4.65. The van der Waals surface area contributed by atoms with Crippen LogP contribution in [0.4, 0.5) is 0 Å². The molecule has 45 heavy (non-hydrogen) atoms. The molecule has 4 aromatic heterocycles. The standard InChI is InChI=1S/C41H30N2OS/c1-6-20-41(21-7-1,27-15-19-39-32(24-27)30-10-3-5-13-38(30)45-39)26-14-17-35-31(23-26)29-9-2-4-11-34(29)43(35)28-16-18-36-33(25-28)40-37(44-36)12-8-22-42-40/h2-5,8-19,22-25H,1,6-7,20-21H2. The Kier molecular flexibility index (Phi) is 5.38. The molecule has 1 saturated carbocycles. The lowest BCUT2D eigenvalue weighted by molar-refractivity contribution is 0.346. The van der Waals surface area contributed by atoms with E-state index in [1.54, 1.807) is 0 Å². The average Bonchev–Trinajstić information content (AvgIpc) is 3.77. The quantitative estimate of drug-likeness (QED) is 0.203. The highest BCUT2D eigenvalue weighted by atomic mass is 32.1. The maximum atomic E-state index is 6.11. The molecule has 216 valence electrons. The van der Waals surface area contributed by atoms with Gasteiger partial charge in [-0.3, -0.25) is 4.98 Å². The van der Waals surface area contributed by atoms with E-state index < -0.39 is 0 Å². The van der Waals surface area contributed by atoms with Crippen molar-refractivity contribution in [3.05, 3.63) is 133 Å². The van der Waals surface area contributed by atoms with Gasteiger partial charge in [0.15, 0.2) is 5.58 Å². The number of rotatable bonds is 3. The molecule has 0 amide bonds. The topological polar surface area (TPSA) is 31.0 Å². The summed E-state index contributed by atoms with van der Waals surface area (Å²) in [5, 5.41) is 6.41. The van der Waals surface area contributed by atoms with Crippen molar-refractivity contribution in [2.75, 3.05) is 0 Å².